The van der Waals surface area contributed by atoms with E-state index < -0.39 is 5.97 Å². The number of phenolic OH excluding ortho intramolecular Hbond substituents is 1. The highest BCUT2D eigenvalue weighted by Gasteiger charge is 2.09. The number of carboxylic acids is 1. The smallest absolute Gasteiger partial charge is 0.339 e. The number of hydrogen-bond acceptors (Lipinski definition) is 5. The summed E-state index contributed by atoms with van der Waals surface area (Å²) in [6, 6.07) is 15.6. The average Bonchev–Trinajstić information content (AvgIpc) is 2.69. The quantitative estimate of drug-likeness (QED) is 0.491. The molecular formula is C22H23NO6. The Balaban J connectivity index is 0.000000234. The maximum atomic E-state index is 10.9. The Hall–Kier alpha value is -3.74. The lowest BCUT2D eigenvalue weighted by atomic mass is 10.0. The van der Waals surface area contributed by atoms with Gasteiger partial charge in [-0.1, -0.05) is 24.3 Å². The summed E-state index contributed by atoms with van der Waals surface area (Å²) in [5, 5.41) is 31.3. The molecule has 29 heavy (non-hydrogen) atoms. The molecular weight excluding hydrogens is 374 g/mol. The van der Waals surface area contributed by atoms with Gasteiger partial charge in [0.2, 0.25) is 5.91 Å². The summed E-state index contributed by atoms with van der Waals surface area (Å²) in [5.74, 6) is -0.934. The predicted molar refractivity (Wildman–Crippen MR) is 110 cm³/mol. The summed E-state index contributed by atoms with van der Waals surface area (Å²) < 4.78 is 5.25. The van der Waals surface area contributed by atoms with Gasteiger partial charge in [0.15, 0.2) is 0 Å². The molecule has 0 heterocycles. The summed E-state index contributed by atoms with van der Waals surface area (Å²) in [7, 11) is 1.67. The topological polar surface area (TPSA) is 116 Å². The van der Waals surface area contributed by atoms with Gasteiger partial charge in [-0.2, -0.15) is 0 Å². The zero-order valence-corrected chi connectivity index (χ0v) is 16.2. The number of hydrogen-bond donors (Lipinski definition) is 4. The summed E-state index contributed by atoms with van der Waals surface area (Å²) in [5.41, 5.74) is 0.921. The third-order valence-corrected chi connectivity index (χ3v) is 4.16. The maximum absolute atomic E-state index is 10.9. The molecule has 3 aromatic rings. The van der Waals surface area contributed by atoms with Crippen molar-refractivity contribution in [2.45, 2.75) is 13.3 Å². The Morgan fingerprint density at radius 2 is 1.79 bits per heavy atom. The SMILES string of the molecule is COc1ccc2cccc(CCNC(C)=O)c2c1.O=C(O)c1cc(O)ccc1O. The molecule has 0 unspecified atom stereocenters. The Morgan fingerprint density at radius 1 is 1.03 bits per heavy atom. The second kappa shape index (κ2) is 9.98. The first-order chi connectivity index (χ1) is 13.8. The summed E-state index contributed by atoms with van der Waals surface area (Å²) in [6.45, 7) is 2.19. The number of aromatic carboxylic acids is 1. The van der Waals surface area contributed by atoms with Gasteiger partial charge in [0.25, 0.3) is 0 Å². The second-order valence-corrected chi connectivity index (χ2v) is 6.24. The van der Waals surface area contributed by atoms with E-state index >= 15 is 0 Å². The van der Waals surface area contributed by atoms with Crippen molar-refractivity contribution in [1.82, 2.24) is 5.32 Å². The number of nitrogens with one attached hydrogen (secondary N) is 1. The number of ether oxygens (including phenoxy) is 1. The molecule has 0 fully saturated rings. The lowest BCUT2D eigenvalue weighted by Gasteiger charge is -2.08. The number of phenols is 2. The fourth-order valence-corrected chi connectivity index (χ4v) is 2.73. The first-order valence-corrected chi connectivity index (χ1v) is 8.87. The Kier molecular flexibility index (Phi) is 7.42. The lowest BCUT2D eigenvalue weighted by Crippen LogP contribution is -2.22. The minimum absolute atomic E-state index is 0.00724. The molecule has 0 spiro atoms. The third-order valence-electron chi connectivity index (χ3n) is 4.16. The highest BCUT2D eigenvalue weighted by molar-refractivity contribution is 5.91. The van der Waals surface area contributed by atoms with E-state index in [0.29, 0.717) is 6.54 Å². The third kappa shape index (κ3) is 6.14. The first-order valence-electron chi connectivity index (χ1n) is 8.87. The average molecular weight is 397 g/mol. The van der Waals surface area contributed by atoms with Crippen LogP contribution >= 0.6 is 0 Å². The number of amides is 1. The monoisotopic (exact) mass is 397 g/mol. The van der Waals surface area contributed by atoms with Crippen LogP contribution in [0.1, 0.15) is 22.8 Å². The van der Waals surface area contributed by atoms with Gasteiger partial charge in [0, 0.05) is 13.5 Å². The van der Waals surface area contributed by atoms with Crippen LogP contribution in [0.5, 0.6) is 17.2 Å². The van der Waals surface area contributed by atoms with Crippen molar-refractivity contribution in [1.29, 1.82) is 0 Å². The largest absolute Gasteiger partial charge is 0.508 e. The van der Waals surface area contributed by atoms with Gasteiger partial charge < -0.3 is 25.4 Å². The van der Waals surface area contributed by atoms with Crippen molar-refractivity contribution < 1.29 is 29.6 Å². The number of methoxy groups -OCH3 is 1. The second-order valence-electron chi connectivity index (χ2n) is 6.24. The van der Waals surface area contributed by atoms with E-state index in [1.807, 2.05) is 18.2 Å². The molecule has 3 aromatic carbocycles. The number of rotatable bonds is 5. The van der Waals surface area contributed by atoms with E-state index in [0.717, 1.165) is 24.3 Å². The van der Waals surface area contributed by atoms with Crippen LogP contribution in [0.2, 0.25) is 0 Å². The molecule has 0 aliphatic rings. The fourth-order valence-electron chi connectivity index (χ4n) is 2.73. The van der Waals surface area contributed by atoms with Crippen molar-refractivity contribution in [3.8, 4) is 17.2 Å². The molecule has 0 saturated carbocycles. The minimum Gasteiger partial charge on any atom is -0.508 e. The number of carbonyl (C=O) groups excluding carboxylic acids is 1. The van der Waals surface area contributed by atoms with Gasteiger partial charge in [0.05, 0.1) is 7.11 Å². The van der Waals surface area contributed by atoms with Crippen molar-refractivity contribution in [3.63, 3.8) is 0 Å². The Bertz CT molecular complexity index is 1020. The van der Waals surface area contributed by atoms with Gasteiger partial charge in [-0.25, -0.2) is 4.79 Å². The molecule has 0 saturated heterocycles. The highest BCUT2D eigenvalue weighted by atomic mass is 16.5. The Labute approximate surface area is 168 Å². The number of fused-ring (bicyclic) bond motifs is 1. The van der Waals surface area contributed by atoms with Crippen molar-refractivity contribution >= 4 is 22.6 Å². The van der Waals surface area contributed by atoms with Crippen LogP contribution in [0, 0.1) is 0 Å². The molecule has 4 N–H and O–H groups in total. The van der Waals surface area contributed by atoms with Crippen molar-refractivity contribution in [2.75, 3.05) is 13.7 Å². The predicted octanol–water partition coefficient (Wildman–Crippen LogP) is 3.32. The molecule has 0 radical (unpaired) electrons. The molecule has 0 atom stereocenters. The maximum Gasteiger partial charge on any atom is 0.339 e. The standard InChI is InChI=1S/C15H17NO2.C7H6O4/c1-11(17)16-9-8-13-5-3-4-12-6-7-14(18-2)10-15(12)13;8-4-1-2-6(9)5(3-4)7(10)11/h3-7,10H,8-9H2,1-2H3,(H,16,17);1-3,8-9H,(H,10,11). The molecule has 0 bridgehead atoms. The number of carboxylic acid groups (broad SMARTS) is 1. The van der Waals surface area contributed by atoms with Gasteiger partial charge in [-0.15, -0.1) is 0 Å². The van der Waals surface area contributed by atoms with E-state index in [4.69, 9.17) is 20.1 Å². The van der Waals surface area contributed by atoms with Crippen LogP contribution in [0.4, 0.5) is 0 Å². The highest BCUT2D eigenvalue weighted by Crippen LogP contribution is 2.24. The molecule has 7 nitrogen and oxygen atoms in total. The van der Waals surface area contributed by atoms with Crippen LogP contribution in [-0.2, 0) is 11.2 Å². The lowest BCUT2D eigenvalue weighted by molar-refractivity contribution is -0.118. The van der Waals surface area contributed by atoms with E-state index in [1.165, 1.54) is 29.3 Å². The summed E-state index contributed by atoms with van der Waals surface area (Å²) in [4.78, 5) is 21.2. The summed E-state index contributed by atoms with van der Waals surface area (Å²) >= 11 is 0. The van der Waals surface area contributed by atoms with Crippen molar-refractivity contribution in [3.05, 3.63) is 65.7 Å². The summed E-state index contributed by atoms with van der Waals surface area (Å²) in [6.07, 6.45) is 0.823. The number of aromatic hydroxyl groups is 2. The minimum atomic E-state index is -1.27. The van der Waals surface area contributed by atoms with Gasteiger partial charge in [-0.05, 0) is 53.1 Å². The number of benzene rings is 3. The number of carbonyl (C=O) groups is 2. The molecule has 152 valence electrons. The van der Waals surface area contributed by atoms with Crippen molar-refractivity contribution in [2.24, 2.45) is 0 Å². The van der Waals surface area contributed by atoms with E-state index in [-0.39, 0.29) is 23.0 Å². The van der Waals surface area contributed by atoms with E-state index in [2.05, 4.69) is 23.5 Å². The molecule has 3 rings (SSSR count). The van der Waals surface area contributed by atoms with Crippen LogP contribution < -0.4 is 10.1 Å². The molecule has 0 aromatic heterocycles. The molecule has 7 heteroatoms. The van der Waals surface area contributed by atoms with Crippen LogP contribution in [-0.4, -0.2) is 40.9 Å². The molecule has 0 aliphatic carbocycles. The van der Waals surface area contributed by atoms with Crippen LogP contribution in [0.3, 0.4) is 0 Å². The zero-order chi connectivity index (χ0) is 21.4. The zero-order valence-electron chi connectivity index (χ0n) is 16.2. The first kappa shape index (κ1) is 21.6. The van der Waals surface area contributed by atoms with Crippen LogP contribution in [0.15, 0.2) is 54.6 Å². The van der Waals surface area contributed by atoms with Crippen LogP contribution in [0.25, 0.3) is 10.8 Å². The van der Waals surface area contributed by atoms with Gasteiger partial charge >= 0.3 is 5.97 Å². The fraction of sp³-hybridized carbons (Fsp3) is 0.182. The van der Waals surface area contributed by atoms with Gasteiger partial charge in [-0.3, -0.25) is 4.79 Å². The van der Waals surface area contributed by atoms with Gasteiger partial charge in [0.1, 0.15) is 22.8 Å². The Morgan fingerprint density at radius 3 is 2.41 bits per heavy atom. The van der Waals surface area contributed by atoms with E-state index in [1.54, 1.807) is 7.11 Å². The molecule has 0 aliphatic heterocycles. The van der Waals surface area contributed by atoms with E-state index in [9.17, 15) is 9.59 Å². The normalized spacial score (nSPS) is 10.0. The molecule has 1 amide bonds.